The monoisotopic (exact) mass is 391 g/mol. The van der Waals surface area contributed by atoms with Gasteiger partial charge in [0, 0.05) is 5.69 Å². The van der Waals surface area contributed by atoms with Crippen LogP contribution in [0.25, 0.3) is 16.6 Å². The van der Waals surface area contributed by atoms with Crippen molar-refractivity contribution in [1.29, 1.82) is 0 Å². The normalized spacial score (nSPS) is 10.8. The third kappa shape index (κ3) is 3.27. The van der Waals surface area contributed by atoms with E-state index in [1.54, 1.807) is 55.0 Å². The molecule has 1 N–H and O–H groups in total. The van der Waals surface area contributed by atoms with Gasteiger partial charge in [-0.05, 0) is 60.8 Å². The van der Waals surface area contributed by atoms with Crippen LogP contribution < -0.4 is 15.6 Å². The summed E-state index contributed by atoms with van der Waals surface area (Å²) in [7, 11) is 1.59. The van der Waals surface area contributed by atoms with Gasteiger partial charge in [-0.1, -0.05) is 6.07 Å². The summed E-state index contributed by atoms with van der Waals surface area (Å²) in [5.74, 6) is 1.09. The summed E-state index contributed by atoms with van der Waals surface area (Å²) < 4.78 is 6.72. The van der Waals surface area contributed by atoms with Crippen molar-refractivity contribution in [2.75, 3.05) is 12.4 Å². The van der Waals surface area contributed by atoms with Gasteiger partial charge in [0.15, 0.2) is 0 Å². The molecule has 0 fully saturated rings. The number of ether oxygens (including phenoxy) is 1. The number of aromatic nitrogens is 2. The minimum atomic E-state index is -0.204. The second-order valence-electron chi connectivity index (χ2n) is 6.16. The first-order valence-electron chi connectivity index (χ1n) is 8.59. The molecular formula is C21H17N3O3S. The second kappa shape index (κ2) is 7.28. The molecule has 2 aromatic carbocycles. The van der Waals surface area contributed by atoms with Crippen molar-refractivity contribution >= 4 is 33.8 Å². The molecule has 4 rings (SSSR count). The minimum Gasteiger partial charge on any atom is -0.497 e. The predicted octanol–water partition coefficient (Wildman–Crippen LogP) is 4.02. The Morgan fingerprint density at radius 1 is 1.14 bits per heavy atom. The van der Waals surface area contributed by atoms with Crippen molar-refractivity contribution in [3.63, 3.8) is 0 Å². The number of carbonyl (C=O) groups is 1. The predicted molar refractivity (Wildman–Crippen MR) is 111 cm³/mol. The number of hydrogen-bond donors (Lipinski definition) is 1. The highest BCUT2D eigenvalue weighted by atomic mass is 32.1. The number of carbonyl (C=O) groups excluding carboxylic acids is 1. The van der Waals surface area contributed by atoms with Gasteiger partial charge in [-0.2, -0.15) is 0 Å². The maximum absolute atomic E-state index is 13.2. The van der Waals surface area contributed by atoms with E-state index in [1.807, 2.05) is 23.6 Å². The second-order valence-corrected chi connectivity index (χ2v) is 7.11. The third-order valence-corrected chi connectivity index (χ3v) is 5.24. The lowest BCUT2D eigenvalue weighted by molar-refractivity contribution is 0.103. The highest BCUT2D eigenvalue weighted by molar-refractivity contribution is 7.12. The topological polar surface area (TPSA) is 73.2 Å². The van der Waals surface area contributed by atoms with Crippen LogP contribution in [0.4, 0.5) is 5.69 Å². The summed E-state index contributed by atoms with van der Waals surface area (Å²) in [6.45, 7) is 1.79. The molecule has 1 amide bonds. The lowest BCUT2D eigenvalue weighted by Crippen LogP contribution is -2.22. The minimum absolute atomic E-state index is 0.195. The molecule has 0 radical (unpaired) electrons. The molecule has 140 valence electrons. The van der Waals surface area contributed by atoms with Crippen LogP contribution in [0.1, 0.15) is 15.5 Å². The number of aryl methyl sites for hydroxylation is 1. The number of benzene rings is 2. The Morgan fingerprint density at radius 3 is 2.61 bits per heavy atom. The Bertz CT molecular complexity index is 1210. The van der Waals surface area contributed by atoms with Crippen LogP contribution in [0.2, 0.25) is 0 Å². The van der Waals surface area contributed by atoms with Crippen molar-refractivity contribution in [1.82, 2.24) is 9.55 Å². The number of hydrogen-bond acceptors (Lipinski definition) is 5. The van der Waals surface area contributed by atoms with Gasteiger partial charge in [-0.3, -0.25) is 14.2 Å². The first kappa shape index (κ1) is 17.9. The molecule has 0 spiro atoms. The zero-order chi connectivity index (χ0) is 19.7. The fraction of sp³-hybridized carbons (Fsp3) is 0.0952. The van der Waals surface area contributed by atoms with Crippen LogP contribution in [0.15, 0.2) is 64.8 Å². The summed E-state index contributed by atoms with van der Waals surface area (Å²) in [6.07, 6.45) is 0. The summed E-state index contributed by atoms with van der Waals surface area (Å²) in [4.78, 5) is 30.6. The Balaban J connectivity index is 1.77. The number of amides is 1. The fourth-order valence-electron chi connectivity index (χ4n) is 3.01. The van der Waals surface area contributed by atoms with Gasteiger partial charge in [-0.15, -0.1) is 11.3 Å². The molecule has 0 unspecified atom stereocenters. The van der Waals surface area contributed by atoms with Crippen molar-refractivity contribution in [2.24, 2.45) is 0 Å². The Kier molecular flexibility index (Phi) is 4.67. The van der Waals surface area contributed by atoms with E-state index >= 15 is 0 Å². The van der Waals surface area contributed by atoms with Crippen LogP contribution in [0, 0.1) is 6.92 Å². The molecule has 0 atom stereocenters. The van der Waals surface area contributed by atoms with E-state index in [0.717, 1.165) is 0 Å². The maximum atomic E-state index is 13.2. The molecule has 28 heavy (non-hydrogen) atoms. The summed E-state index contributed by atoms with van der Waals surface area (Å²) in [5, 5.41) is 5.11. The molecule has 0 aliphatic carbocycles. The van der Waals surface area contributed by atoms with Crippen molar-refractivity contribution in [3.05, 3.63) is 81.0 Å². The first-order valence-corrected chi connectivity index (χ1v) is 9.47. The molecule has 0 bridgehead atoms. The van der Waals surface area contributed by atoms with Crippen molar-refractivity contribution in [3.8, 4) is 11.4 Å². The molecule has 4 aromatic rings. The van der Waals surface area contributed by atoms with E-state index in [9.17, 15) is 9.59 Å². The maximum Gasteiger partial charge on any atom is 0.266 e. The Hall–Kier alpha value is -3.45. The fourth-order valence-corrected chi connectivity index (χ4v) is 3.63. The number of anilines is 1. The van der Waals surface area contributed by atoms with Gasteiger partial charge >= 0.3 is 0 Å². The van der Waals surface area contributed by atoms with E-state index in [0.29, 0.717) is 38.7 Å². The van der Waals surface area contributed by atoms with Crippen LogP contribution in [0.5, 0.6) is 5.75 Å². The first-order chi connectivity index (χ1) is 13.6. The third-order valence-electron chi connectivity index (χ3n) is 4.37. The van der Waals surface area contributed by atoms with Crippen LogP contribution in [-0.2, 0) is 0 Å². The average Bonchev–Trinajstić information content (AvgIpc) is 3.24. The zero-order valence-electron chi connectivity index (χ0n) is 15.3. The Morgan fingerprint density at radius 2 is 1.93 bits per heavy atom. The molecule has 0 aliphatic rings. The van der Waals surface area contributed by atoms with Gasteiger partial charge in [0.2, 0.25) is 0 Å². The zero-order valence-corrected chi connectivity index (χ0v) is 16.1. The standard InChI is InChI=1S/C21H17N3O3S/c1-13-22-18-10-5-14(23-20(25)19-4-3-11-28-19)12-17(18)21(26)24(13)15-6-8-16(27-2)9-7-15/h3-12H,1-2H3,(H,23,25). The molecule has 0 saturated carbocycles. The van der Waals surface area contributed by atoms with E-state index < -0.39 is 0 Å². The van der Waals surface area contributed by atoms with E-state index in [4.69, 9.17) is 4.74 Å². The molecule has 0 saturated heterocycles. The lowest BCUT2D eigenvalue weighted by Gasteiger charge is -2.12. The lowest BCUT2D eigenvalue weighted by atomic mass is 10.2. The van der Waals surface area contributed by atoms with Crippen molar-refractivity contribution < 1.29 is 9.53 Å². The molecule has 2 aromatic heterocycles. The molecule has 7 heteroatoms. The quantitative estimate of drug-likeness (QED) is 0.570. The van der Waals surface area contributed by atoms with E-state index in [1.165, 1.54) is 11.3 Å². The van der Waals surface area contributed by atoms with Gasteiger partial charge in [0.1, 0.15) is 11.6 Å². The molecule has 0 aliphatic heterocycles. The molecule has 2 heterocycles. The number of thiophene rings is 1. The molecular weight excluding hydrogens is 374 g/mol. The van der Waals surface area contributed by atoms with E-state index in [-0.39, 0.29) is 11.5 Å². The number of nitrogens with zero attached hydrogens (tertiary/aromatic N) is 2. The van der Waals surface area contributed by atoms with Crippen molar-refractivity contribution in [2.45, 2.75) is 6.92 Å². The van der Waals surface area contributed by atoms with Gasteiger partial charge in [0.25, 0.3) is 11.5 Å². The largest absolute Gasteiger partial charge is 0.497 e. The summed E-state index contributed by atoms with van der Waals surface area (Å²) >= 11 is 1.36. The molecule has 6 nitrogen and oxygen atoms in total. The van der Waals surface area contributed by atoms with Gasteiger partial charge in [0.05, 0.1) is 28.6 Å². The van der Waals surface area contributed by atoms with Crippen LogP contribution in [0.3, 0.4) is 0 Å². The number of methoxy groups -OCH3 is 1. The van der Waals surface area contributed by atoms with Gasteiger partial charge in [-0.25, -0.2) is 4.98 Å². The number of nitrogens with one attached hydrogen (secondary N) is 1. The number of rotatable bonds is 4. The average molecular weight is 391 g/mol. The highest BCUT2D eigenvalue weighted by Gasteiger charge is 2.12. The highest BCUT2D eigenvalue weighted by Crippen LogP contribution is 2.20. The smallest absolute Gasteiger partial charge is 0.266 e. The Labute approximate surface area is 165 Å². The van der Waals surface area contributed by atoms with E-state index in [2.05, 4.69) is 10.3 Å². The SMILES string of the molecule is COc1ccc(-n2c(C)nc3ccc(NC(=O)c4cccs4)cc3c2=O)cc1. The van der Waals surface area contributed by atoms with Gasteiger partial charge < -0.3 is 10.1 Å². The number of fused-ring (bicyclic) bond motifs is 1. The van der Waals surface area contributed by atoms with Crippen LogP contribution >= 0.6 is 11.3 Å². The summed E-state index contributed by atoms with van der Waals surface area (Å²) in [6, 6.07) is 15.9. The summed E-state index contributed by atoms with van der Waals surface area (Å²) in [5.41, 5.74) is 1.64. The van der Waals surface area contributed by atoms with Crippen LogP contribution in [-0.4, -0.2) is 22.6 Å².